The van der Waals surface area contributed by atoms with Gasteiger partial charge in [-0.2, -0.15) is 0 Å². The van der Waals surface area contributed by atoms with Gasteiger partial charge in [0.25, 0.3) is 0 Å². The summed E-state index contributed by atoms with van der Waals surface area (Å²) in [5.41, 5.74) is 1.68. The zero-order chi connectivity index (χ0) is 14.6. The number of carbonyl (C=O) groups is 1. The van der Waals surface area contributed by atoms with Gasteiger partial charge in [0.05, 0.1) is 12.1 Å². The summed E-state index contributed by atoms with van der Waals surface area (Å²) in [6, 6.07) is 0. The van der Waals surface area contributed by atoms with Gasteiger partial charge >= 0.3 is 0 Å². The first-order valence-electron chi connectivity index (χ1n) is 8.19. The molecule has 4 fully saturated rings. The summed E-state index contributed by atoms with van der Waals surface area (Å²) in [6.07, 6.45) is 8.92. The van der Waals surface area contributed by atoms with Gasteiger partial charge in [0.15, 0.2) is 0 Å². The summed E-state index contributed by atoms with van der Waals surface area (Å²) in [5, 5.41) is 3.25. The molecule has 0 unspecified atom stereocenters. The lowest BCUT2D eigenvalue weighted by molar-refractivity contribution is -0.127. The van der Waals surface area contributed by atoms with Gasteiger partial charge in [-0.15, -0.1) is 11.3 Å². The lowest BCUT2D eigenvalue weighted by Gasteiger charge is -2.56. The number of likely N-dealkylation sites (N-methyl/N-ethyl adjacent to an activating group) is 1. The Balaban J connectivity index is 1.57. The highest BCUT2D eigenvalue weighted by molar-refractivity contribution is 7.09. The van der Waals surface area contributed by atoms with Crippen molar-refractivity contribution in [3.63, 3.8) is 0 Å². The van der Waals surface area contributed by atoms with Crippen LogP contribution in [0.25, 0.3) is 0 Å². The monoisotopic (exact) mass is 304 g/mol. The molecule has 4 aliphatic carbocycles. The van der Waals surface area contributed by atoms with Crippen LogP contribution >= 0.6 is 11.3 Å². The topological polar surface area (TPSA) is 33.2 Å². The minimum absolute atomic E-state index is 0.154. The minimum atomic E-state index is 0.154. The first-order valence-corrected chi connectivity index (χ1v) is 9.07. The minimum Gasteiger partial charge on any atom is -0.348 e. The second-order valence-electron chi connectivity index (χ2n) is 7.79. The maximum Gasteiger partial charge on any atom is 0.228 e. The van der Waals surface area contributed by atoms with E-state index in [1.807, 2.05) is 14.1 Å². The third-order valence-electron chi connectivity index (χ3n) is 5.93. The molecule has 0 atom stereocenters. The molecule has 0 aliphatic heterocycles. The Morgan fingerprint density at radius 2 is 1.81 bits per heavy atom. The van der Waals surface area contributed by atoms with E-state index in [2.05, 4.69) is 5.38 Å². The number of amides is 1. The third-order valence-corrected chi connectivity index (χ3v) is 6.78. The van der Waals surface area contributed by atoms with E-state index in [4.69, 9.17) is 4.98 Å². The van der Waals surface area contributed by atoms with Crippen LogP contribution in [0.4, 0.5) is 0 Å². The fourth-order valence-electron chi connectivity index (χ4n) is 5.35. The quantitative estimate of drug-likeness (QED) is 0.859. The Hall–Kier alpha value is -0.900. The molecule has 0 aromatic carbocycles. The van der Waals surface area contributed by atoms with Gasteiger partial charge in [-0.25, -0.2) is 4.98 Å². The molecule has 0 spiro atoms. The molecule has 4 aliphatic rings. The molecule has 0 saturated heterocycles. The first kappa shape index (κ1) is 13.7. The van der Waals surface area contributed by atoms with Crippen molar-refractivity contribution in [3.8, 4) is 0 Å². The lowest BCUT2D eigenvalue weighted by Crippen LogP contribution is -2.48. The zero-order valence-corrected chi connectivity index (χ0v) is 13.8. The molecule has 0 N–H and O–H groups in total. The Labute approximate surface area is 130 Å². The fourth-order valence-corrected chi connectivity index (χ4v) is 6.26. The van der Waals surface area contributed by atoms with Gasteiger partial charge in [0, 0.05) is 24.9 Å². The number of nitrogens with zero attached hydrogens (tertiary/aromatic N) is 2. The fraction of sp³-hybridized carbons (Fsp3) is 0.765. The second-order valence-corrected chi connectivity index (χ2v) is 8.73. The SMILES string of the molecule is CN(C)C(=O)Cc1nc(C23CC4CC(CC(C4)C2)C3)cs1. The van der Waals surface area contributed by atoms with Gasteiger partial charge in [0.2, 0.25) is 5.91 Å². The average molecular weight is 304 g/mol. The highest BCUT2D eigenvalue weighted by Crippen LogP contribution is 2.60. The molecule has 1 aromatic rings. The van der Waals surface area contributed by atoms with Gasteiger partial charge in [-0.3, -0.25) is 4.79 Å². The van der Waals surface area contributed by atoms with Crippen molar-refractivity contribution < 1.29 is 4.79 Å². The van der Waals surface area contributed by atoms with Crippen LogP contribution in [-0.2, 0) is 16.6 Å². The molecule has 1 amide bonds. The molecule has 1 heterocycles. The first-order chi connectivity index (χ1) is 10.0. The van der Waals surface area contributed by atoms with Gasteiger partial charge in [0.1, 0.15) is 5.01 Å². The third kappa shape index (κ3) is 2.32. The van der Waals surface area contributed by atoms with E-state index in [1.54, 1.807) is 16.2 Å². The highest BCUT2D eigenvalue weighted by Gasteiger charge is 2.52. The number of aromatic nitrogens is 1. The maximum absolute atomic E-state index is 11.9. The van der Waals surface area contributed by atoms with Crippen molar-refractivity contribution in [2.45, 2.75) is 50.4 Å². The molecule has 114 valence electrons. The molecule has 5 rings (SSSR count). The predicted octanol–water partition coefficient (Wildman–Crippen LogP) is 3.24. The number of hydrogen-bond donors (Lipinski definition) is 0. The Morgan fingerprint density at radius 1 is 1.24 bits per heavy atom. The van der Waals surface area contributed by atoms with Gasteiger partial charge in [-0.1, -0.05) is 0 Å². The van der Waals surface area contributed by atoms with E-state index in [-0.39, 0.29) is 5.91 Å². The van der Waals surface area contributed by atoms with Crippen molar-refractivity contribution in [3.05, 3.63) is 16.1 Å². The van der Waals surface area contributed by atoms with E-state index in [0.717, 1.165) is 22.8 Å². The van der Waals surface area contributed by atoms with Crippen LogP contribution in [0.2, 0.25) is 0 Å². The van der Waals surface area contributed by atoms with Gasteiger partial charge < -0.3 is 4.90 Å². The molecule has 1 aromatic heterocycles. The summed E-state index contributed by atoms with van der Waals surface area (Å²) >= 11 is 1.69. The van der Waals surface area contributed by atoms with Crippen LogP contribution in [0.5, 0.6) is 0 Å². The van der Waals surface area contributed by atoms with Crippen LogP contribution in [0.1, 0.15) is 49.2 Å². The van der Waals surface area contributed by atoms with E-state index in [9.17, 15) is 4.79 Å². The standard InChI is InChI=1S/C17H24N2OS/c1-19(2)16(20)6-15-18-14(10-21-15)17-7-11-3-12(8-17)5-13(4-11)9-17/h10-13H,3-9H2,1-2H3. The van der Waals surface area contributed by atoms with Crippen LogP contribution in [0, 0.1) is 17.8 Å². The largest absolute Gasteiger partial charge is 0.348 e. The van der Waals surface area contributed by atoms with Crippen LogP contribution < -0.4 is 0 Å². The Bertz CT molecular complexity index is 528. The summed E-state index contributed by atoms with van der Waals surface area (Å²) in [6.45, 7) is 0. The van der Waals surface area contributed by atoms with Crippen LogP contribution in [0.3, 0.4) is 0 Å². The van der Waals surface area contributed by atoms with Crippen molar-refractivity contribution in [2.75, 3.05) is 14.1 Å². The summed E-state index contributed by atoms with van der Waals surface area (Å²) in [5.74, 6) is 3.00. The Morgan fingerprint density at radius 3 is 2.33 bits per heavy atom. The van der Waals surface area contributed by atoms with E-state index in [1.165, 1.54) is 44.2 Å². The molecule has 0 radical (unpaired) electrons. The van der Waals surface area contributed by atoms with Crippen molar-refractivity contribution in [1.82, 2.24) is 9.88 Å². The highest BCUT2D eigenvalue weighted by atomic mass is 32.1. The van der Waals surface area contributed by atoms with E-state index in [0.29, 0.717) is 11.8 Å². The summed E-state index contributed by atoms with van der Waals surface area (Å²) in [7, 11) is 3.63. The Kier molecular flexibility index (Phi) is 3.14. The van der Waals surface area contributed by atoms with E-state index < -0.39 is 0 Å². The lowest BCUT2D eigenvalue weighted by atomic mass is 9.49. The van der Waals surface area contributed by atoms with E-state index >= 15 is 0 Å². The summed E-state index contributed by atoms with van der Waals surface area (Å²) < 4.78 is 0. The average Bonchev–Trinajstić information content (AvgIpc) is 2.86. The second kappa shape index (κ2) is 4.80. The molecule has 4 bridgehead atoms. The van der Waals surface area contributed by atoms with Crippen LogP contribution in [-0.4, -0.2) is 29.9 Å². The van der Waals surface area contributed by atoms with Crippen molar-refractivity contribution in [2.24, 2.45) is 17.8 Å². The normalized spacial score (nSPS) is 37.0. The smallest absolute Gasteiger partial charge is 0.228 e. The van der Waals surface area contributed by atoms with Crippen molar-refractivity contribution in [1.29, 1.82) is 0 Å². The zero-order valence-electron chi connectivity index (χ0n) is 13.0. The number of carbonyl (C=O) groups excluding carboxylic acids is 1. The number of rotatable bonds is 3. The molecular formula is C17H24N2OS. The molecule has 21 heavy (non-hydrogen) atoms. The number of hydrogen-bond acceptors (Lipinski definition) is 3. The molecular weight excluding hydrogens is 280 g/mol. The van der Waals surface area contributed by atoms with Gasteiger partial charge in [-0.05, 0) is 56.3 Å². The molecule has 3 nitrogen and oxygen atoms in total. The predicted molar refractivity (Wildman–Crippen MR) is 84.4 cm³/mol. The molecule has 4 heteroatoms. The maximum atomic E-state index is 11.9. The summed E-state index contributed by atoms with van der Waals surface area (Å²) in [4.78, 5) is 18.4. The number of thiazole rings is 1. The van der Waals surface area contributed by atoms with Crippen molar-refractivity contribution >= 4 is 17.2 Å². The molecule has 4 saturated carbocycles. The van der Waals surface area contributed by atoms with Crippen LogP contribution in [0.15, 0.2) is 5.38 Å².